The number of hydrogen-bond acceptors (Lipinski definition) is 2. The van der Waals surface area contributed by atoms with E-state index in [0.29, 0.717) is 18.7 Å². The Kier molecular flexibility index (Phi) is 4.67. The summed E-state index contributed by atoms with van der Waals surface area (Å²) in [5.41, 5.74) is 1.72. The maximum atomic E-state index is 13.8. The van der Waals surface area contributed by atoms with Crippen LogP contribution in [-0.4, -0.2) is 0 Å². The summed E-state index contributed by atoms with van der Waals surface area (Å²) >= 11 is 3.38. The molecule has 19 heavy (non-hydrogen) atoms. The molecule has 2 aromatic carbocycles. The van der Waals surface area contributed by atoms with E-state index in [0.717, 1.165) is 10.0 Å². The summed E-state index contributed by atoms with van der Waals surface area (Å²) in [5, 5.41) is 11.9. The Bertz CT molecular complexity index is 603. The second-order valence-electron chi connectivity index (χ2n) is 4.12. The third-order valence-corrected chi connectivity index (χ3v) is 3.29. The van der Waals surface area contributed by atoms with Crippen molar-refractivity contribution in [1.82, 2.24) is 5.32 Å². The van der Waals surface area contributed by atoms with Gasteiger partial charge in [0.15, 0.2) is 0 Å². The molecule has 0 spiro atoms. The van der Waals surface area contributed by atoms with Crippen molar-refractivity contribution in [1.29, 1.82) is 5.26 Å². The van der Waals surface area contributed by atoms with E-state index in [1.165, 1.54) is 6.07 Å². The highest BCUT2D eigenvalue weighted by molar-refractivity contribution is 9.10. The highest BCUT2D eigenvalue weighted by Crippen LogP contribution is 2.13. The quantitative estimate of drug-likeness (QED) is 0.932. The number of nitriles is 1. The van der Waals surface area contributed by atoms with Gasteiger partial charge in [-0.3, -0.25) is 0 Å². The fraction of sp³-hybridized carbons (Fsp3) is 0.133. The third kappa shape index (κ3) is 3.63. The van der Waals surface area contributed by atoms with Gasteiger partial charge in [-0.2, -0.15) is 5.26 Å². The van der Waals surface area contributed by atoms with Gasteiger partial charge in [0.1, 0.15) is 11.9 Å². The highest BCUT2D eigenvalue weighted by atomic mass is 79.9. The molecular formula is C15H12BrFN2. The van der Waals surface area contributed by atoms with Gasteiger partial charge >= 0.3 is 0 Å². The van der Waals surface area contributed by atoms with Crippen LogP contribution in [-0.2, 0) is 13.1 Å². The lowest BCUT2D eigenvalue weighted by Gasteiger charge is -2.07. The van der Waals surface area contributed by atoms with Crippen molar-refractivity contribution in [2.75, 3.05) is 0 Å². The van der Waals surface area contributed by atoms with Gasteiger partial charge in [0.25, 0.3) is 0 Å². The molecular weight excluding hydrogens is 307 g/mol. The van der Waals surface area contributed by atoms with Crippen LogP contribution in [0.4, 0.5) is 4.39 Å². The van der Waals surface area contributed by atoms with E-state index in [2.05, 4.69) is 21.2 Å². The van der Waals surface area contributed by atoms with Crippen LogP contribution in [0.15, 0.2) is 46.9 Å². The fourth-order valence-electron chi connectivity index (χ4n) is 1.75. The average molecular weight is 319 g/mol. The monoisotopic (exact) mass is 318 g/mol. The molecule has 96 valence electrons. The van der Waals surface area contributed by atoms with Crippen LogP contribution in [0.3, 0.4) is 0 Å². The van der Waals surface area contributed by atoms with E-state index < -0.39 is 5.82 Å². The molecule has 0 aliphatic rings. The summed E-state index contributed by atoms with van der Waals surface area (Å²) in [5.74, 6) is -0.437. The zero-order valence-corrected chi connectivity index (χ0v) is 11.7. The lowest BCUT2D eigenvalue weighted by atomic mass is 10.1. The van der Waals surface area contributed by atoms with Crippen molar-refractivity contribution in [3.8, 4) is 6.07 Å². The Morgan fingerprint density at radius 3 is 2.53 bits per heavy atom. The van der Waals surface area contributed by atoms with E-state index in [9.17, 15) is 4.39 Å². The predicted molar refractivity (Wildman–Crippen MR) is 75.8 cm³/mol. The Morgan fingerprint density at radius 1 is 1.11 bits per heavy atom. The van der Waals surface area contributed by atoms with E-state index in [1.807, 2.05) is 30.3 Å². The van der Waals surface area contributed by atoms with Gasteiger partial charge in [-0.05, 0) is 23.8 Å². The molecule has 4 heteroatoms. The van der Waals surface area contributed by atoms with Crippen LogP contribution in [0, 0.1) is 17.1 Å². The lowest BCUT2D eigenvalue weighted by molar-refractivity contribution is 0.585. The van der Waals surface area contributed by atoms with E-state index in [-0.39, 0.29) is 5.56 Å². The molecule has 0 atom stereocenters. The summed E-state index contributed by atoms with van der Waals surface area (Å²) in [6, 6.07) is 14.6. The first-order valence-corrected chi connectivity index (χ1v) is 6.62. The van der Waals surface area contributed by atoms with Crippen LogP contribution < -0.4 is 5.32 Å². The normalized spacial score (nSPS) is 10.2. The first-order valence-electron chi connectivity index (χ1n) is 5.83. The van der Waals surface area contributed by atoms with Crippen molar-refractivity contribution in [2.24, 2.45) is 0 Å². The van der Waals surface area contributed by atoms with Crippen LogP contribution in [0.25, 0.3) is 0 Å². The van der Waals surface area contributed by atoms with Gasteiger partial charge in [-0.25, -0.2) is 4.39 Å². The molecule has 0 fully saturated rings. The van der Waals surface area contributed by atoms with Gasteiger partial charge < -0.3 is 5.32 Å². The Balaban J connectivity index is 1.96. The summed E-state index contributed by atoms with van der Waals surface area (Å²) in [4.78, 5) is 0. The molecule has 0 saturated carbocycles. The molecule has 1 N–H and O–H groups in total. The zero-order valence-electron chi connectivity index (χ0n) is 10.2. The molecule has 0 radical (unpaired) electrons. The Morgan fingerprint density at radius 2 is 1.84 bits per heavy atom. The number of hydrogen-bond donors (Lipinski definition) is 1. The van der Waals surface area contributed by atoms with Crippen molar-refractivity contribution in [3.05, 3.63) is 69.4 Å². The summed E-state index contributed by atoms with van der Waals surface area (Å²) < 4.78 is 14.8. The number of nitrogens with zero attached hydrogens (tertiary/aromatic N) is 1. The van der Waals surface area contributed by atoms with Crippen LogP contribution >= 0.6 is 15.9 Å². The molecule has 2 nitrogen and oxygen atoms in total. The lowest BCUT2D eigenvalue weighted by Crippen LogP contribution is -2.14. The number of benzene rings is 2. The standard InChI is InChI=1S/C15H12BrFN2/c16-14-6-4-11(5-7-14)9-19-10-13-3-1-2-12(8-18)15(13)17/h1-7,19H,9-10H2. The van der Waals surface area contributed by atoms with E-state index in [1.54, 1.807) is 12.1 Å². The van der Waals surface area contributed by atoms with Crippen molar-refractivity contribution < 1.29 is 4.39 Å². The molecule has 2 aromatic rings. The van der Waals surface area contributed by atoms with Gasteiger partial charge in [-0.15, -0.1) is 0 Å². The second kappa shape index (κ2) is 6.46. The summed E-state index contributed by atoms with van der Waals surface area (Å²) in [6.07, 6.45) is 0. The fourth-order valence-corrected chi connectivity index (χ4v) is 2.01. The molecule has 0 heterocycles. The maximum Gasteiger partial charge on any atom is 0.145 e. The molecule has 0 bridgehead atoms. The largest absolute Gasteiger partial charge is 0.309 e. The molecule has 2 rings (SSSR count). The third-order valence-electron chi connectivity index (χ3n) is 2.76. The highest BCUT2D eigenvalue weighted by Gasteiger charge is 2.06. The molecule has 0 aliphatic carbocycles. The van der Waals surface area contributed by atoms with Gasteiger partial charge in [0, 0.05) is 23.1 Å². The van der Waals surface area contributed by atoms with Crippen molar-refractivity contribution in [2.45, 2.75) is 13.1 Å². The number of halogens is 2. The number of rotatable bonds is 4. The first kappa shape index (κ1) is 13.7. The molecule has 0 amide bonds. The summed E-state index contributed by atoms with van der Waals surface area (Å²) in [7, 11) is 0. The second-order valence-corrected chi connectivity index (χ2v) is 5.04. The van der Waals surface area contributed by atoms with E-state index in [4.69, 9.17) is 5.26 Å². The van der Waals surface area contributed by atoms with Gasteiger partial charge in [0.2, 0.25) is 0 Å². The molecule has 0 saturated heterocycles. The SMILES string of the molecule is N#Cc1cccc(CNCc2ccc(Br)cc2)c1F. The number of nitrogens with one attached hydrogen (secondary N) is 1. The minimum absolute atomic E-state index is 0.0861. The Hall–Kier alpha value is -1.70. The van der Waals surface area contributed by atoms with Gasteiger partial charge in [-0.1, -0.05) is 40.2 Å². The zero-order chi connectivity index (χ0) is 13.7. The Labute approximate surface area is 120 Å². The predicted octanol–water partition coefficient (Wildman–Crippen LogP) is 3.75. The van der Waals surface area contributed by atoms with Crippen LogP contribution in [0.5, 0.6) is 0 Å². The first-order chi connectivity index (χ1) is 9.20. The van der Waals surface area contributed by atoms with Crippen LogP contribution in [0.1, 0.15) is 16.7 Å². The van der Waals surface area contributed by atoms with Crippen molar-refractivity contribution >= 4 is 15.9 Å². The minimum Gasteiger partial charge on any atom is -0.309 e. The maximum absolute atomic E-state index is 13.8. The summed E-state index contributed by atoms with van der Waals surface area (Å²) in [6.45, 7) is 1.06. The van der Waals surface area contributed by atoms with E-state index >= 15 is 0 Å². The van der Waals surface area contributed by atoms with Crippen molar-refractivity contribution in [3.63, 3.8) is 0 Å². The molecule has 0 aromatic heterocycles. The van der Waals surface area contributed by atoms with Crippen LogP contribution in [0.2, 0.25) is 0 Å². The molecule has 0 aliphatic heterocycles. The average Bonchev–Trinajstić information content (AvgIpc) is 2.43. The smallest absolute Gasteiger partial charge is 0.145 e. The topological polar surface area (TPSA) is 35.8 Å². The van der Waals surface area contributed by atoms with Gasteiger partial charge in [0.05, 0.1) is 5.56 Å². The molecule has 0 unspecified atom stereocenters. The minimum atomic E-state index is -0.437.